The van der Waals surface area contributed by atoms with Crippen molar-refractivity contribution in [3.8, 4) is 0 Å². The zero-order valence-corrected chi connectivity index (χ0v) is 13.3. The normalized spacial score (nSPS) is 11.0. The van der Waals surface area contributed by atoms with Gasteiger partial charge in [-0.05, 0) is 48.6 Å². The number of rotatable bonds is 5. The van der Waals surface area contributed by atoms with Crippen LogP contribution in [0, 0.1) is 11.6 Å². The molecule has 25 heavy (non-hydrogen) atoms. The number of hydrogen-bond donors (Lipinski definition) is 2. The first-order valence-electron chi connectivity index (χ1n) is 7.75. The molecule has 0 aliphatic carbocycles. The Labute approximate surface area is 142 Å². The number of halogens is 2. The number of benzene rings is 2. The summed E-state index contributed by atoms with van der Waals surface area (Å²) >= 11 is 0. The number of fused-ring (bicyclic) bond motifs is 1. The van der Waals surface area contributed by atoms with Crippen molar-refractivity contribution in [2.45, 2.75) is 19.3 Å². The molecular weight excluding hydrogens is 326 g/mol. The van der Waals surface area contributed by atoms with E-state index in [2.05, 4.69) is 10.2 Å². The number of carbonyl (C=O) groups is 1. The van der Waals surface area contributed by atoms with Crippen LogP contribution in [0.4, 0.5) is 14.5 Å². The molecule has 3 aromatic rings. The maximum atomic E-state index is 13.7. The molecule has 1 heterocycles. The van der Waals surface area contributed by atoms with Crippen LogP contribution in [0.15, 0.2) is 36.4 Å². The van der Waals surface area contributed by atoms with Crippen LogP contribution >= 0.6 is 0 Å². The van der Waals surface area contributed by atoms with E-state index in [1.54, 1.807) is 12.1 Å². The summed E-state index contributed by atoms with van der Waals surface area (Å²) in [6, 6.07) is 8.82. The van der Waals surface area contributed by atoms with Gasteiger partial charge in [-0.3, -0.25) is 4.79 Å². The highest BCUT2D eigenvalue weighted by molar-refractivity contribution is 6.04. The van der Waals surface area contributed by atoms with E-state index in [9.17, 15) is 13.6 Å². The Morgan fingerprint density at radius 1 is 1.04 bits per heavy atom. The molecule has 0 bridgehead atoms. The van der Waals surface area contributed by atoms with Gasteiger partial charge in [0, 0.05) is 5.39 Å². The third kappa shape index (κ3) is 3.40. The fraction of sp³-hybridized carbons (Fsp3) is 0.167. The van der Waals surface area contributed by atoms with E-state index in [0.29, 0.717) is 35.7 Å². The number of nitrogen functional groups attached to an aromatic ring is 1. The molecular formula is C18H16F2N4O. The summed E-state index contributed by atoms with van der Waals surface area (Å²) in [7, 11) is 0. The van der Waals surface area contributed by atoms with Gasteiger partial charge in [0.05, 0.1) is 11.2 Å². The number of primary amides is 1. The lowest BCUT2D eigenvalue weighted by molar-refractivity contribution is 0.0995. The van der Waals surface area contributed by atoms with Gasteiger partial charge in [0.15, 0.2) is 5.69 Å². The molecule has 0 aliphatic rings. The van der Waals surface area contributed by atoms with Gasteiger partial charge in [-0.2, -0.15) is 0 Å². The fourth-order valence-corrected chi connectivity index (χ4v) is 2.80. The van der Waals surface area contributed by atoms with Crippen molar-refractivity contribution < 1.29 is 13.6 Å². The zero-order valence-electron chi connectivity index (χ0n) is 13.3. The van der Waals surface area contributed by atoms with Crippen molar-refractivity contribution in [2.75, 3.05) is 5.73 Å². The van der Waals surface area contributed by atoms with E-state index >= 15 is 0 Å². The average Bonchev–Trinajstić information content (AvgIpc) is 2.58. The van der Waals surface area contributed by atoms with E-state index < -0.39 is 17.5 Å². The van der Waals surface area contributed by atoms with Gasteiger partial charge in [-0.15, -0.1) is 10.2 Å². The molecule has 0 radical (unpaired) electrons. The lowest BCUT2D eigenvalue weighted by atomic mass is 10.0. The number of carbonyl (C=O) groups excluding carboxylic acids is 1. The summed E-state index contributed by atoms with van der Waals surface area (Å²) in [5.74, 6) is -1.62. The van der Waals surface area contributed by atoms with E-state index in [1.165, 1.54) is 6.07 Å². The summed E-state index contributed by atoms with van der Waals surface area (Å²) in [6.45, 7) is 0. The van der Waals surface area contributed by atoms with Crippen molar-refractivity contribution in [1.29, 1.82) is 0 Å². The third-order valence-electron chi connectivity index (χ3n) is 4.05. The molecule has 0 aliphatic heterocycles. The van der Waals surface area contributed by atoms with Crippen molar-refractivity contribution in [3.05, 3.63) is 64.9 Å². The maximum Gasteiger partial charge on any atom is 0.271 e. The van der Waals surface area contributed by atoms with Crippen LogP contribution in [-0.4, -0.2) is 16.1 Å². The number of nitrogens with zero attached hydrogens (tertiary/aromatic N) is 2. The third-order valence-corrected chi connectivity index (χ3v) is 4.05. The van der Waals surface area contributed by atoms with Crippen molar-refractivity contribution in [2.24, 2.45) is 5.73 Å². The van der Waals surface area contributed by atoms with Gasteiger partial charge in [0.2, 0.25) is 0 Å². The van der Waals surface area contributed by atoms with Gasteiger partial charge < -0.3 is 11.5 Å². The second-order valence-electron chi connectivity index (χ2n) is 5.73. The first-order valence-corrected chi connectivity index (χ1v) is 7.75. The molecule has 0 saturated heterocycles. The molecule has 0 unspecified atom stereocenters. The van der Waals surface area contributed by atoms with Gasteiger partial charge in [-0.25, -0.2) is 8.78 Å². The lowest BCUT2D eigenvalue weighted by Crippen LogP contribution is -2.17. The monoisotopic (exact) mass is 342 g/mol. The van der Waals surface area contributed by atoms with Crippen LogP contribution < -0.4 is 11.5 Å². The molecule has 0 fully saturated rings. The van der Waals surface area contributed by atoms with Crippen LogP contribution in [0.2, 0.25) is 0 Å². The summed E-state index contributed by atoms with van der Waals surface area (Å²) < 4.78 is 26.9. The highest BCUT2D eigenvalue weighted by atomic mass is 19.1. The van der Waals surface area contributed by atoms with Gasteiger partial charge in [-0.1, -0.05) is 18.2 Å². The van der Waals surface area contributed by atoms with Crippen LogP contribution in [-0.2, 0) is 12.8 Å². The first kappa shape index (κ1) is 16.8. The van der Waals surface area contributed by atoms with Crippen LogP contribution in [0.5, 0.6) is 0 Å². The Morgan fingerprint density at radius 3 is 2.56 bits per heavy atom. The Kier molecular flexibility index (Phi) is 4.56. The number of nitrogens with two attached hydrogens (primary N) is 2. The standard InChI is InChI=1S/C18H16F2N4O/c19-12-7-8-14(20)11(9-12)5-1-3-10-4-2-6-13-15(21)17(18(22)25)24-23-16(10)13/h2,4,6-9H,1,3,5H2,(H2,21,23)(H2,22,25). The summed E-state index contributed by atoms with van der Waals surface area (Å²) in [6.07, 6.45) is 1.57. The second kappa shape index (κ2) is 6.80. The average molecular weight is 342 g/mol. The molecule has 1 amide bonds. The van der Waals surface area contributed by atoms with Crippen molar-refractivity contribution in [1.82, 2.24) is 10.2 Å². The van der Waals surface area contributed by atoms with Gasteiger partial charge >= 0.3 is 0 Å². The number of hydrogen-bond acceptors (Lipinski definition) is 4. The summed E-state index contributed by atoms with van der Waals surface area (Å²) in [4.78, 5) is 11.3. The van der Waals surface area contributed by atoms with E-state index in [-0.39, 0.29) is 11.4 Å². The number of aromatic nitrogens is 2. The van der Waals surface area contributed by atoms with Crippen molar-refractivity contribution >= 4 is 22.5 Å². The Hall–Kier alpha value is -3.09. The van der Waals surface area contributed by atoms with Gasteiger partial charge in [0.25, 0.3) is 5.91 Å². The van der Waals surface area contributed by atoms with Crippen LogP contribution in [0.3, 0.4) is 0 Å². The number of aryl methyl sites for hydroxylation is 2. The smallest absolute Gasteiger partial charge is 0.271 e. The van der Waals surface area contributed by atoms with Gasteiger partial charge in [0.1, 0.15) is 11.6 Å². The Bertz CT molecular complexity index is 959. The maximum absolute atomic E-state index is 13.7. The quantitative estimate of drug-likeness (QED) is 0.745. The summed E-state index contributed by atoms with van der Waals surface area (Å²) in [5, 5.41) is 8.45. The zero-order chi connectivity index (χ0) is 18.0. The predicted molar refractivity (Wildman–Crippen MR) is 90.9 cm³/mol. The molecule has 128 valence electrons. The summed E-state index contributed by atoms with van der Waals surface area (Å²) in [5.41, 5.74) is 13.1. The molecule has 3 rings (SSSR count). The van der Waals surface area contributed by atoms with Crippen LogP contribution in [0.1, 0.15) is 28.0 Å². The van der Waals surface area contributed by atoms with Crippen molar-refractivity contribution in [3.63, 3.8) is 0 Å². The molecule has 4 N–H and O–H groups in total. The highest BCUT2D eigenvalue weighted by Crippen LogP contribution is 2.25. The van der Waals surface area contributed by atoms with Crippen LogP contribution in [0.25, 0.3) is 10.9 Å². The molecule has 2 aromatic carbocycles. The molecule has 0 saturated carbocycles. The SMILES string of the molecule is NC(=O)c1nnc2c(CCCc3cc(F)ccc3F)cccc2c1N. The highest BCUT2D eigenvalue weighted by Gasteiger charge is 2.14. The predicted octanol–water partition coefficient (Wildman–Crippen LogP) is 2.76. The minimum Gasteiger partial charge on any atom is -0.396 e. The number of amides is 1. The van der Waals surface area contributed by atoms with E-state index in [1.807, 2.05) is 6.07 Å². The fourth-order valence-electron chi connectivity index (χ4n) is 2.80. The molecule has 1 aromatic heterocycles. The first-order chi connectivity index (χ1) is 12.0. The molecule has 0 spiro atoms. The Morgan fingerprint density at radius 2 is 1.80 bits per heavy atom. The molecule has 0 atom stereocenters. The minimum atomic E-state index is -0.737. The Balaban J connectivity index is 1.83. The largest absolute Gasteiger partial charge is 0.396 e. The minimum absolute atomic E-state index is 0.0634. The second-order valence-corrected chi connectivity index (χ2v) is 5.73. The lowest BCUT2D eigenvalue weighted by Gasteiger charge is -2.09. The van der Waals surface area contributed by atoms with E-state index in [0.717, 1.165) is 17.7 Å². The molecule has 5 nitrogen and oxygen atoms in total. The van der Waals surface area contributed by atoms with E-state index in [4.69, 9.17) is 11.5 Å². The number of anilines is 1. The molecule has 7 heteroatoms. The topological polar surface area (TPSA) is 94.9 Å².